The Morgan fingerprint density at radius 3 is 2.69 bits per heavy atom. The average Bonchev–Trinajstić information content (AvgIpc) is 3.04. The summed E-state index contributed by atoms with van der Waals surface area (Å²) in [5.41, 5.74) is 2.44. The maximum atomic E-state index is 4.56. The summed E-state index contributed by atoms with van der Waals surface area (Å²) >= 11 is 1.92. The lowest BCUT2D eigenvalue weighted by molar-refractivity contribution is 0.773. The number of nitrogens with one attached hydrogen (secondary N) is 1. The number of aliphatic imine (C=N–C) groups is 1. The van der Waals surface area contributed by atoms with Crippen molar-refractivity contribution in [3.8, 4) is 0 Å². The largest absolute Gasteiger partial charge is 0.335 e. The van der Waals surface area contributed by atoms with Gasteiger partial charge in [-0.25, -0.2) is 0 Å². The van der Waals surface area contributed by atoms with Crippen molar-refractivity contribution in [3.63, 3.8) is 0 Å². The highest BCUT2D eigenvalue weighted by molar-refractivity contribution is 8.15. The molecule has 0 aromatic heterocycles. The van der Waals surface area contributed by atoms with E-state index in [1.165, 1.54) is 18.4 Å². The van der Waals surface area contributed by atoms with Crippen LogP contribution in [0.5, 0.6) is 0 Å². The molecule has 2 aliphatic rings. The molecule has 0 radical (unpaired) electrons. The van der Waals surface area contributed by atoms with E-state index in [4.69, 9.17) is 0 Å². The third-order valence-electron chi connectivity index (χ3n) is 3.13. The Bertz CT molecular complexity index is 406. The second-order valence-electron chi connectivity index (χ2n) is 4.63. The Balaban J connectivity index is 1.60. The molecule has 2 nitrogen and oxygen atoms in total. The van der Waals surface area contributed by atoms with E-state index in [9.17, 15) is 0 Å². The van der Waals surface area contributed by atoms with Crippen molar-refractivity contribution in [2.45, 2.75) is 25.0 Å². The van der Waals surface area contributed by atoms with Gasteiger partial charge < -0.3 is 5.32 Å². The second-order valence-corrected chi connectivity index (χ2v) is 5.86. The molecule has 3 heteroatoms. The van der Waals surface area contributed by atoms with Gasteiger partial charge in [0.15, 0.2) is 5.17 Å². The van der Waals surface area contributed by atoms with Crippen LogP contribution in [-0.2, 0) is 0 Å². The van der Waals surface area contributed by atoms with Gasteiger partial charge in [0.25, 0.3) is 0 Å². The summed E-state index contributed by atoms with van der Waals surface area (Å²) in [6.07, 6.45) is 2.82. The van der Waals surface area contributed by atoms with E-state index in [1.54, 1.807) is 0 Å². The SMILES string of the molecule is Cc1ccc(NC2=NCC(C3CC3)S2)cc1. The number of anilines is 1. The lowest BCUT2D eigenvalue weighted by atomic mass is 10.2. The maximum Gasteiger partial charge on any atom is 0.161 e. The summed E-state index contributed by atoms with van der Waals surface area (Å²) in [5.74, 6) is 0.936. The number of rotatable bonds is 2. The van der Waals surface area contributed by atoms with Crippen LogP contribution in [0.25, 0.3) is 0 Å². The minimum Gasteiger partial charge on any atom is -0.335 e. The number of benzene rings is 1. The molecule has 1 atom stereocenters. The number of aryl methyl sites for hydroxylation is 1. The van der Waals surface area contributed by atoms with Crippen molar-refractivity contribution in [1.82, 2.24) is 0 Å². The number of thioether (sulfide) groups is 1. The molecule has 1 aliphatic carbocycles. The standard InChI is InChI=1S/C13H16N2S/c1-9-2-6-11(7-3-9)15-13-14-8-12(16-13)10-4-5-10/h2-3,6-7,10,12H,4-5,8H2,1H3,(H,14,15). The van der Waals surface area contributed by atoms with Crippen LogP contribution in [0.3, 0.4) is 0 Å². The van der Waals surface area contributed by atoms with Crippen LogP contribution in [0.15, 0.2) is 29.3 Å². The van der Waals surface area contributed by atoms with Crippen molar-refractivity contribution < 1.29 is 0 Å². The number of nitrogens with zero attached hydrogens (tertiary/aromatic N) is 1. The molecule has 1 aromatic rings. The monoisotopic (exact) mass is 232 g/mol. The van der Waals surface area contributed by atoms with E-state index in [-0.39, 0.29) is 0 Å². The van der Waals surface area contributed by atoms with Gasteiger partial charge in [-0.3, -0.25) is 4.99 Å². The lowest BCUT2D eigenvalue weighted by Crippen LogP contribution is -2.08. The normalized spacial score (nSPS) is 24.3. The molecule has 1 unspecified atom stereocenters. The highest BCUT2D eigenvalue weighted by Crippen LogP contribution is 2.41. The average molecular weight is 232 g/mol. The fourth-order valence-electron chi connectivity index (χ4n) is 1.93. The van der Waals surface area contributed by atoms with Gasteiger partial charge >= 0.3 is 0 Å². The van der Waals surface area contributed by atoms with Gasteiger partial charge in [0.05, 0.1) is 6.54 Å². The molecule has 0 saturated heterocycles. The van der Waals surface area contributed by atoms with Gasteiger partial charge in [-0.1, -0.05) is 29.5 Å². The summed E-state index contributed by atoms with van der Waals surface area (Å²) < 4.78 is 0. The number of hydrogen-bond acceptors (Lipinski definition) is 3. The van der Waals surface area contributed by atoms with Crippen LogP contribution in [0.2, 0.25) is 0 Å². The first-order valence-corrected chi connectivity index (χ1v) is 6.74. The first-order valence-electron chi connectivity index (χ1n) is 5.86. The molecule has 1 aromatic carbocycles. The van der Waals surface area contributed by atoms with Crippen molar-refractivity contribution in [2.24, 2.45) is 10.9 Å². The van der Waals surface area contributed by atoms with Gasteiger partial charge in [-0.05, 0) is 37.8 Å². The summed E-state index contributed by atoms with van der Waals surface area (Å²) in [4.78, 5) is 4.56. The molecule has 3 rings (SSSR count). The van der Waals surface area contributed by atoms with Crippen molar-refractivity contribution >= 4 is 22.6 Å². The molecule has 0 bridgehead atoms. The third-order valence-corrected chi connectivity index (χ3v) is 4.42. The van der Waals surface area contributed by atoms with E-state index in [0.29, 0.717) is 0 Å². The van der Waals surface area contributed by atoms with Gasteiger partial charge in [-0.15, -0.1) is 0 Å². The minimum absolute atomic E-state index is 0.743. The lowest BCUT2D eigenvalue weighted by Gasteiger charge is -2.07. The fourth-order valence-corrected chi connectivity index (χ4v) is 3.16. The molecular formula is C13H16N2S. The summed E-state index contributed by atoms with van der Waals surface area (Å²) in [6.45, 7) is 3.11. The highest BCUT2D eigenvalue weighted by Gasteiger charge is 2.35. The zero-order valence-corrected chi connectivity index (χ0v) is 10.3. The minimum atomic E-state index is 0.743. The van der Waals surface area contributed by atoms with Crippen molar-refractivity contribution in [2.75, 3.05) is 11.9 Å². The van der Waals surface area contributed by atoms with Crippen molar-refractivity contribution in [3.05, 3.63) is 29.8 Å². The van der Waals surface area contributed by atoms with E-state index in [1.807, 2.05) is 11.8 Å². The van der Waals surface area contributed by atoms with E-state index in [0.717, 1.165) is 28.6 Å². The van der Waals surface area contributed by atoms with Gasteiger partial charge in [0, 0.05) is 10.9 Å². The summed E-state index contributed by atoms with van der Waals surface area (Å²) in [6, 6.07) is 8.48. The molecule has 1 heterocycles. The summed E-state index contributed by atoms with van der Waals surface area (Å²) in [7, 11) is 0. The fraction of sp³-hybridized carbons (Fsp3) is 0.462. The Hall–Kier alpha value is -0.960. The maximum absolute atomic E-state index is 4.56. The molecule has 0 spiro atoms. The number of hydrogen-bond donors (Lipinski definition) is 1. The molecule has 84 valence electrons. The number of amidine groups is 1. The Morgan fingerprint density at radius 1 is 1.25 bits per heavy atom. The summed E-state index contributed by atoms with van der Waals surface area (Å²) in [5, 5.41) is 5.24. The highest BCUT2D eigenvalue weighted by atomic mass is 32.2. The van der Waals surface area contributed by atoms with Crippen LogP contribution in [0, 0.1) is 12.8 Å². The Labute approximate surface area is 101 Å². The molecule has 16 heavy (non-hydrogen) atoms. The quantitative estimate of drug-likeness (QED) is 0.846. The van der Waals surface area contributed by atoms with Crippen molar-refractivity contribution in [1.29, 1.82) is 0 Å². The Kier molecular flexibility index (Phi) is 2.64. The molecule has 1 aliphatic heterocycles. The van der Waals surface area contributed by atoms with Crippen LogP contribution in [0.4, 0.5) is 5.69 Å². The van der Waals surface area contributed by atoms with Crippen LogP contribution < -0.4 is 5.32 Å². The molecule has 1 N–H and O–H groups in total. The van der Waals surface area contributed by atoms with Crippen LogP contribution in [0.1, 0.15) is 18.4 Å². The molecule has 1 fully saturated rings. The molecule has 0 amide bonds. The smallest absolute Gasteiger partial charge is 0.161 e. The third kappa shape index (κ3) is 2.24. The molecule has 1 saturated carbocycles. The van der Waals surface area contributed by atoms with Gasteiger partial charge in [0.2, 0.25) is 0 Å². The molecular weight excluding hydrogens is 216 g/mol. The second kappa shape index (κ2) is 4.13. The van der Waals surface area contributed by atoms with E-state index >= 15 is 0 Å². The van der Waals surface area contributed by atoms with Gasteiger partial charge in [0.1, 0.15) is 0 Å². The first-order chi connectivity index (χ1) is 7.81. The zero-order valence-electron chi connectivity index (χ0n) is 9.44. The predicted molar refractivity (Wildman–Crippen MR) is 71.2 cm³/mol. The van der Waals surface area contributed by atoms with Gasteiger partial charge in [-0.2, -0.15) is 0 Å². The van der Waals surface area contributed by atoms with Crippen LogP contribution >= 0.6 is 11.8 Å². The van der Waals surface area contributed by atoms with Crippen LogP contribution in [-0.4, -0.2) is 17.0 Å². The Morgan fingerprint density at radius 2 is 2.00 bits per heavy atom. The van der Waals surface area contributed by atoms with E-state index < -0.39 is 0 Å². The zero-order chi connectivity index (χ0) is 11.0. The van der Waals surface area contributed by atoms with E-state index in [2.05, 4.69) is 41.5 Å². The predicted octanol–water partition coefficient (Wildman–Crippen LogP) is 3.29. The topological polar surface area (TPSA) is 24.4 Å². The first kappa shape index (κ1) is 10.2.